The largest absolute Gasteiger partial charge is 0.573 e. The lowest BCUT2D eigenvalue weighted by Gasteiger charge is -2.10. The first-order valence-electron chi connectivity index (χ1n) is 5.56. The lowest BCUT2D eigenvalue weighted by atomic mass is 10.2. The number of nitrogen functional groups attached to an aromatic ring is 1. The van der Waals surface area contributed by atoms with Gasteiger partial charge in [0.15, 0.2) is 0 Å². The molecular formula is C11H9F3N4O3. The molecular weight excluding hydrogens is 293 g/mol. The van der Waals surface area contributed by atoms with Gasteiger partial charge in [0.2, 0.25) is 5.82 Å². The number of rotatable bonds is 4. The van der Waals surface area contributed by atoms with Crippen LogP contribution in [0.5, 0.6) is 5.75 Å². The maximum Gasteiger partial charge on any atom is 0.573 e. The minimum Gasteiger partial charge on any atom is -0.406 e. The molecule has 0 aliphatic carbocycles. The van der Waals surface area contributed by atoms with Gasteiger partial charge in [-0.3, -0.25) is 10.1 Å². The standard InChI is InChI=1S/C11H9F3N4O3/c12-11(13,14)21-8-3-1-2-7(4-8)6-17-10(15)9(5-16-17)18(19)20/h1-5H,6,15H2. The van der Waals surface area contributed by atoms with E-state index < -0.39 is 11.3 Å². The maximum atomic E-state index is 12.1. The van der Waals surface area contributed by atoms with Gasteiger partial charge in [-0.2, -0.15) is 5.10 Å². The highest BCUT2D eigenvalue weighted by Crippen LogP contribution is 2.25. The minimum absolute atomic E-state index is 0.0191. The van der Waals surface area contributed by atoms with Crippen molar-refractivity contribution in [2.75, 3.05) is 5.73 Å². The van der Waals surface area contributed by atoms with Gasteiger partial charge in [0.25, 0.3) is 0 Å². The van der Waals surface area contributed by atoms with E-state index in [4.69, 9.17) is 5.73 Å². The molecule has 112 valence electrons. The zero-order valence-corrected chi connectivity index (χ0v) is 10.4. The van der Waals surface area contributed by atoms with E-state index in [2.05, 4.69) is 9.84 Å². The zero-order valence-electron chi connectivity index (χ0n) is 10.4. The molecule has 10 heteroatoms. The molecule has 0 spiro atoms. The van der Waals surface area contributed by atoms with E-state index in [9.17, 15) is 23.3 Å². The van der Waals surface area contributed by atoms with Crippen LogP contribution in [0.4, 0.5) is 24.7 Å². The number of hydrogen-bond acceptors (Lipinski definition) is 5. The van der Waals surface area contributed by atoms with Gasteiger partial charge in [-0.15, -0.1) is 13.2 Å². The molecule has 0 fully saturated rings. The Morgan fingerprint density at radius 1 is 1.43 bits per heavy atom. The Balaban J connectivity index is 2.20. The second-order valence-electron chi connectivity index (χ2n) is 4.03. The highest BCUT2D eigenvalue weighted by molar-refractivity contribution is 5.51. The average Bonchev–Trinajstić information content (AvgIpc) is 2.69. The molecule has 0 aliphatic rings. The smallest absolute Gasteiger partial charge is 0.406 e. The van der Waals surface area contributed by atoms with Crippen molar-refractivity contribution >= 4 is 11.5 Å². The summed E-state index contributed by atoms with van der Waals surface area (Å²) in [7, 11) is 0. The number of benzene rings is 1. The number of nitrogens with two attached hydrogens (primary N) is 1. The van der Waals surface area contributed by atoms with Crippen molar-refractivity contribution in [3.05, 3.63) is 46.1 Å². The number of ether oxygens (including phenoxy) is 1. The van der Waals surface area contributed by atoms with Crippen LogP contribution in [0.15, 0.2) is 30.5 Å². The number of alkyl halides is 3. The maximum absolute atomic E-state index is 12.1. The first-order valence-corrected chi connectivity index (χ1v) is 5.56. The highest BCUT2D eigenvalue weighted by Gasteiger charge is 2.31. The SMILES string of the molecule is Nc1c([N+](=O)[O-])cnn1Cc1cccc(OC(F)(F)F)c1. The molecule has 0 saturated carbocycles. The Morgan fingerprint density at radius 2 is 2.14 bits per heavy atom. The zero-order chi connectivity index (χ0) is 15.6. The molecule has 0 saturated heterocycles. The van der Waals surface area contributed by atoms with E-state index in [0.717, 1.165) is 23.0 Å². The van der Waals surface area contributed by atoms with E-state index in [1.807, 2.05) is 0 Å². The van der Waals surface area contributed by atoms with Crippen molar-refractivity contribution in [3.8, 4) is 5.75 Å². The molecule has 0 bridgehead atoms. The molecule has 2 rings (SSSR count). The Kier molecular flexibility index (Phi) is 3.70. The summed E-state index contributed by atoms with van der Waals surface area (Å²) in [5, 5.41) is 14.3. The number of anilines is 1. The van der Waals surface area contributed by atoms with Crippen molar-refractivity contribution in [2.24, 2.45) is 0 Å². The molecule has 0 radical (unpaired) electrons. The third kappa shape index (κ3) is 3.61. The van der Waals surface area contributed by atoms with Gasteiger partial charge in [0, 0.05) is 0 Å². The fraction of sp³-hybridized carbons (Fsp3) is 0.182. The summed E-state index contributed by atoms with van der Waals surface area (Å²) in [6, 6.07) is 5.19. The van der Waals surface area contributed by atoms with Crippen LogP contribution in [0.25, 0.3) is 0 Å². The fourth-order valence-corrected chi connectivity index (χ4v) is 1.67. The summed E-state index contributed by atoms with van der Waals surface area (Å²) in [4.78, 5) is 9.93. The number of hydrogen-bond donors (Lipinski definition) is 1. The summed E-state index contributed by atoms with van der Waals surface area (Å²) < 4.78 is 41.3. The van der Waals surface area contributed by atoms with Gasteiger partial charge in [0.1, 0.15) is 11.9 Å². The van der Waals surface area contributed by atoms with Gasteiger partial charge in [-0.25, -0.2) is 4.68 Å². The van der Waals surface area contributed by atoms with Crippen LogP contribution in [0.2, 0.25) is 0 Å². The molecule has 0 aliphatic heterocycles. The van der Waals surface area contributed by atoms with Crippen LogP contribution in [-0.4, -0.2) is 21.1 Å². The number of nitro groups is 1. The lowest BCUT2D eigenvalue weighted by Crippen LogP contribution is -2.17. The van der Waals surface area contributed by atoms with Crippen LogP contribution < -0.4 is 10.5 Å². The number of aromatic nitrogens is 2. The molecule has 0 unspecified atom stereocenters. The second kappa shape index (κ2) is 5.31. The van der Waals surface area contributed by atoms with Gasteiger partial charge in [0.05, 0.1) is 11.5 Å². The van der Waals surface area contributed by atoms with Gasteiger partial charge < -0.3 is 10.5 Å². The van der Waals surface area contributed by atoms with Gasteiger partial charge in [-0.05, 0) is 17.7 Å². The fourth-order valence-electron chi connectivity index (χ4n) is 1.67. The van der Waals surface area contributed by atoms with E-state index in [1.54, 1.807) is 0 Å². The molecule has 2 N–H and O–H groups in total. The molecule has 7 nitrogen and oxygen atoms in total. The Hall–Kier alpha value is -2.78. The molecule has 1 aromatic carbocycles. The number of nitrogens with zero attached hydrogens (tertiary/aromatic N) is 3. The lowest BCUT2D eigenvalue weighted by molar-refractivity contribution is -0.384. The summed E-state index contributed by atoms with van der Waals surface area (Å²) >= 11 is 0. The predicted molar refractivity (Wildman–Crippen MR) is 65.5 cm³/mol. The summed E-state index contributed by atoms with van der Waals surface area (Å²) in [5.41, 5.74) is 5.58. The van der Waals surface area contributed by atoms with Crippen molar-refractivity contribution in [2.45, 2.75) is 12.9 Å². The van der Waals surface area contributed by atoms with E-state index in [0.29, 0.717) is 5.56 Å². The molecule has 0 amide bonds. The topological polar surface area (TPSA) is 96.2 Å². The average molecular weight is 302 g/mol. The molecule has 2 aromatic rings. The van der Waals surface area contributed by atoms with Crippen LogP contribution in [0.3, 0.4) is 0 Å². The monoisotopic (exact) mass is 302 g/mol. The van der Waals surface area contributed by atoms with Crippen molar-refractivity contribution in [3.63, 3.8) is 0 Å². The highest BCUT2D eigenvalue weighted by atomic mass is 19.4. The third-order valence-electron chi connectivity index (χ3n) is 2.52. The second-order valence-corrected chi connectivity index (χ2v) is 4.03. The van der Waals surface area contributed by atoms with Crippen LogP contribution in [0.1, 0.15) is 5.56 Å². The van der Waals surface area contributed by atoms with Crippen LogP contribution >= 0.6 is 0 Å². The van der Waals surface area contributed by atoms with Crippen LogP contribution in [0, 0.1) is 10.1 Å². The first kappa shape index (κ1) is 14.6. The summed E-state index contributed by atoms with van der Waals surface area (Å²) in [6.45, 7) is -0.0191. The van der Waals surface area contributed by atoms with Crippen molar-refractivity contribution in [1.82, 2.24) is 9.78 Å². The van der Waals surface area contributed by atoms with Gasteiger partial charge in [-0.1, -0.05) is 12.1 Å². The Morgan fingerprint density at radius 3 is 2.71 bits per heavy atom. The molecule has 1 heterocycles. The molecule has 21 heavy (non-hydrogen) atoms. The minimum atomic E-state index is -4.79. The van der Waals surface area contributed by atoms with Crippen molar-refractivity contribution < 1.29 is 22.8 Å². The Labute approximate surface area is 115 Å². The normalized spacial score (nSPS) is 11.4. The first-order chi connectivity index (χ1) is 9.76. The summed E-state index contributed by atoms with van der Waals surface area (Å²) in [5.74, 6) is -0.567. The van der Waals surface area contributed by atoms with Gasteiger partial charge >= 0.3 is 12.0 Å². The van der Waals surface area contributed by atoms with E-state index >= 15 is 0 Å². The summed E-state index contributed by atoms with van der Waals surface area (Å²) in [6.07, 6.45) is -3.81. The third-order valence-corrected chi connectivity index (χ3v) is 2.52. The molecule has 1 aromatic heterocycles. The van der Waals surface area contributed by atoms with E-state index in [1.165, 1.54) is 12.1 Å². The van der Waals surface area contributed by atoms with E-state index in [-0.39, 0.29) is 23.8 Å². The Bertz CT molecular complexity index is 669. The predicted octanol–water partition coefficient (Wildman–Crippen LogP) is 2.32. The van der Waals surface area contributed by atoms with Crippen LogP contribution in [-0.2, 0) is 6.54 Å². The quantitative estimate of drug-likeness (QED) is 0.690. The number of halogens is 3. The molecule has 0 atom stereocenters. The van der Waals surface area contributed by atoms with Crippen molar-refractivity contribution in [1.29, 1.82) is 0 Å².